The van der Waals surface area contributed by atoms with Crippen molar-refractivity contribution in [2.45, 2.75) is 12.8 Å². The number of rotatable bonds is 5. The van der Waals surface area contributed by atoms with Crippen molar-refractivity contribution >= 4 is 21.7 Å². The fourth-order valence-electron chi connectivity index (χ4n) is 3.30. The van der Waals surface area contributed by atoms with Crippen LogP contribution in [0.4, 0.5) is 8.78 Å². The molecule has 2 amide bonds. The van der Waals surface area contributed by atoms with Gasteiger partial charge in [0.1, 0.15) is 0 Å². The lowest BCUT2D eigenvalue weighted by molar-refractivity contribution is -0.136. The van der Waals surface area contributed by atoms with Gasteiger partial charge in [0.2, 0.25) is 11.8 Å². The van der Waals surface area contributed by atoms with Gasteiger partial charge in [0.05, 0.1) is 23.0 Å². The first-order valence-electron chi connectivity index (χ1n) is 8.90. The number of carbonyl (C=O) groups is 2. The number of hydrogen-bond donors (Lipinski definition) is 0. The van der Waals surface area contributed by atoms with Crippen LogP contribution in [-0.4, -0.2) is 85.7 Å². The largest absolute Gasteiger partial charge is 0.472 e. The first-order valence-corrected chi connectivity index (χ1v) is 10.7. The molecule has 2 fully saturated rings. The van der Waals surface area contributed by atoms with Crippen molar-refractivity contribution in [3.8, 4) is 5.88 Å². The van der Waals surface area contributed by atoms with Crippen LogP contribution in [0.2, 0.25) is 0 Å². The first kappa shape index (κ1) is 20.4. The summed E-state index contributed by atoms with van der Waals surface area (Å²) >= 11 is 0. The Balaban J connectivity index is 1.51. The topological polar surface area (TPSA) is 96.9 Å². The van der Waals surface area contributed by atoms with E-state index in [4.69, 9.17) is 4.74 Å². The highest BCUT2D eigenvalue weighted by atomic mass is 32.2. The van der Waals surface area contributed by atoms with Crippen molar-refractivity contribution < 1.29 is 31.5 Å². The van der Waals surface area contributed by atoms with Crippen LogP contribution in [0.5, 0.6) is 5.88 Å². The standard InChI is InChI=1S/C17H21F2N3O5S/c18-14(19)10-27-15-2-1-12(9-20-15)16(23)21-4-6-22(7-5-21)17(24)13-3-8-28(25,26)11-13/h1-2,9,13-14H,3-8,10-11H2/t13-/m0/s1. The molecule has 0 aliphatic carbocycles. The predicted molar refractivity (Wildman–Crippen MR) is 95.0 cm³/mol. The number of sulfone groups is 1. The number of piperazine rings is 1. The van der Waals surface area contributed by atoms with Crippen molar-refractivity contribution in [3.63, 3.8) is 0 Å². The minimum atomic E-state index is -3.12. The zero-order valence-corrected chi connectivity index (χ0v) is 15.9. The first-order chi connectivity index (χ1) is 13.2. The van der Waals surface area contributed by atoms with E-state index in [9.17, 15) is 26.8 Å². The monoisotopic (exact) mass is 417 g/mol. The van der Waals surface area contributed by atoms with Crippen LogP contribution < -0.4 is 4.74 Å². The Kier molecular flexibility index (Phi) is 6.11. The fraction of sp³-hybridized carbons (Fsp3) is 0.588. The van der Waals surface area contributed by atoms with E-state index >= 15 is 0 Å². The Morgan fingerprint density at radius 1 is 1.18 bits per heavy atom. The lowest BCUT2D eigenvalue weighted by Gasteiger charge is -2.35. The molecule has 0 saturated carbocycles. The fourth-order valence-corrected chi connectivity index (χ4v) is 5.03. The molecule has 2 aliphatic heterocycles. The van der Waals surface area contributed by atoms with Gasteiger partial charge in [-0.1, -0.05) is 0 Å². The Morgan fingerprint density at radius 3 is 2.39 bits per heavy atom. The maximum atomic E-state index is 12.5. The molecule has 0 N–H and O–H groups in total. The molecule has 28 heavy (non-hydrogen) atoms. The van der Waals surface area contributed by atoms with E-state index < -0.39 is 28.8 Å². The van der Waals surface area contributed by atoms with Crippen molar-refractivity contribution in [1.29, 1.82) is 0 Å². The minimum Gasteiger partial charge on any atom is -0.472 e. The summed E-state index contributed by atoms with van der Waals surface area (Å²) in [4.78, 5) is 32.0. The zero-order chi connectivity index (χ0) is 20.3. The summed E-state index contributed by atoms with van der Waals surface area (Å²) < 4.78 is 52.1. The molecule has 1 aromatic rings. The number of amides is 2. The summed E-state index contributed by atoms with van der Waals surface area (Å²) in [7, 11) is -3.12. The third-order valence-corrected chi connectivity index (χ3v) is 6.57. The van der Waals surface area contributed by atoms with Crippen LogP contribution in [0, 0.1) is 5.92 Å². The molecule has 1 atom stereocenters. The second-order valence-electron chi connectivity index (χ2n) is 6.80. The van der Waals surface area contributed by atoms with Crippen molar-refractivity contribution in [2.24, 2.45) is 5.92 Å². The smallest absolute Gasteiger partial charge is 0.272 e. The molecule has 0 bridgehead atoms. The van der Waals surface area contributed by atoms with E-state index in [0.29, 0.717) is 38.2 Å². The number of halogens is 2. The van der Waals surface area contributed by atoms with Crippen molar-refractivity contribution in [1.82, 2.24) is 14.8 Å². The molecule has 8 nitrogen and oxygen atoms in total. The van der Waals surface area contributed by atoms with Crippen LogP contribution in [0.3, 0.4) is 0 Å². The number of hydrogen-bond acceptors (Lipinski definition) is 6. The maximum Gasteiger partial charge on any atom is 0.272 e. The number of pyridine rings is 1. The third-order valence-electron chi connectivity index (χ3n) is 4.80. The Bertz CT molecular complexity index is 824. The highest BCUT2D eigenvalue weighted by Gasteiger charge is 2.36. The van der Waals surface area contributed by atoms with E-state index in [2.05, 4.69) is 4.98 Å². The molecule has 154 valence electrons. The van der Waals surface area contributed by atoms with E-state index in [0.717, 1.165) is 0 Å². The lowest BCUT2D eigenvalue weighted by Crippen LogP contribution is -2.52. The van der Waals surface area contributed by atoms with Gasteiger partial charge >= 0.3 is 0 Å². The quantitative estimate of drug-likeness (QED) is 0.690. The number of aromatic nitrogens is 1. The summed E-state index contributed by atoms with van der Waals surface area (Å²) in [6.07, 6.45) is -0.984. The van der Waals surface area contributed by atoms with Crippen LogP contribution in [0.25, 0.3) is 0 Å². The number of ether oxygens (including phenoxy) is 1. The summed E-state index contributed by atoms with van der Waals surface area (Å²) in [5.41, 5.74) is 0.297. The second-order valence-corrected chi connectivity index (χ2v) is 9.03. The van der Waals surface area contributed by atoms with Gasteiger partial charge in [0, 0.05) is 38.4 Å². The molecule has 0 unspecified atom stereocenters. The molecule has 0 radical (unpaired) electrons. The zero-order valence-electron chi connectivity index (χ0n) is 15.1. The number of nitrogens with zero attached hydrogens (tertiary/aromatic N) is 3. The van der Waals surface area contributed by atoms with Crippen LogP contribution in [-0.2, 0) is 14.6 Å². The second kappa shape index (κ2) is 8.38. The van der Waals surface area contributed by atoms with Crippen LogP contribution >= 0.6 is 0 Å². The molecule has 0 aromatic carbocycles. The predicted octanol–water partition coefficient (Wildman–Crippen LogP) is 0.445. The van der Waals surface area contributed by atoms with Gasteiger partial charge in [-0.3, -0.25) is 9.59 Å². The Labute approximate surface area is 161 Å². The summed E-state index contributed by atoms with van der Waals surface area (Å²) in [5.74, 6) is -0.975. The van der Waals surface area contributed by atoms with E-state index in [1.165, 1.54) is 18.3 Å². The highest BCUT2D eigenvalue weighted by molar-refractivity contribution is 7.91. The number of carbonyl (C=O) groups excluding carboxylic acids is 2. The highest BCUT2D eigenvalue weighted by Crippen LogP contribution is 2.22. The maximum absolute atomic E-state index is 12.5. The molecule has 3 rings (SSSR count). The number of alkyl halides is 2. The molecule has 3 heterocycles. The van der Waals surface area contributed by atoms with Gasteiger partial charge in [-0.2, -0.15) is 0 Å². The summed E-state index contributed by atoms with van der Waals surface area (Å²) in [5, 5.41) is 0. The average molecular weight is 417 g/mol. The lowest BCUT2D eigenvalue weighted by atomic mass is 10.1. The van der Waals surface area contributed by atoms with E-state index in [1.807, 2.05) is 0 Å². The van der Waals surface area contributed by atoms with Gasteiger partial charge in [-0.05, 0) is 12.5 Å². The van der Waals surface area contributed by atoms with Gasteiger partial charge in [-0.25, -0.2) is 22.2 Å². The normalized spacial score (nSPS) is 21.8. The average Bonchev–Trinajstić information content (AvgIpc) is 3.05. The third kappa shape index (κ3) is 4.94. The van der Waals surface area contributed by atoms with Gasteiger partial charge in [0.15, 0.2) is 16.4 Å². The Morgan fingerprint density at radius 2 is 1.86 bits per heavy atom. The molecule has 11 heteroatoms. The molecule has 1 aromatic heterocycles. The minimum absolute atomic E-state index is 0.0128. The summed E-state index contributed by atoms with van der Waals surface area (Å²) in [6.45, 7) is 0.564. The van der Waals surface area contributed by atoms with Crippen LogP contribution in [0.1, 0.15) is 16.8 Å². The van der Waals surface area contributed by atoms with Crippen LogP contribution in [0.15, 0.2) is 18.3 Å². The molecular formula is C17H21F2N3O5S. The van der Waals surface area contributed by atoms with Crippen molar-refractivity contribution in [3.05, 3.63) is 23.9 Å². The van der Waals surface area contributed by atoms with E-state index in [-0.39, 0.29) is 29.2 Å². The molecule has 2 saturated heterocycles. The van der Waals surface area contributed by atoms with Crippen molar-refractivity contribution in [2.75, 3.05) is 44.3 Å². The molecule has 2 aliphatic rings. The Hall–Kier alpha value is -2.30. The molecular weight excluding hydrogens is 396 g/mol. The van der Waals surface area contributed by atoms with Gasteiger partial charge in [-0.15, -0.1) is 0 Å². The summed E-state index contributed by atoms with van der Waals surface area (Å²) in [6, 6.07) is 2.81. The van der Waals surface area contributed by atoms with Gasteiger partial charge < -0.3 is 14.5 Å². The van der Waals surface area contributed by atoms with E-state index in [1.54, 1.807) is 9.80 Å². The molecule has 0 spiro atoms. The SMILES string of the molecule is O=C(c1ccc(OCC(F)F)nc1)N1CCN(C(=O)[C@H]2CCS(=O)(=O)C2)CC1. The van der Waals surface area contributed by atoms with Gasteiger partial charge in [0.25, 0.3) is 12.3 Å².